The Kier molecular flexibility index (Phi) is 5.56. The number of carbonyl (C=O) groups excluding carboxylic acids is 1. The largest absolute Gasteiger partial charge is 0.394 e. The van der Waals surface area contributed by atoms with Gasteiger partial charge in [-0.15, -0.1) is 0 Å². The second-order valence-corrected chi connectivity index (χ2v) is 5.65. The minimum absolute atomic E-state index is 0.0266. The molecule has 1 heterocycles. The van der Waals surface area contributed by atoms with Crippen molar-refractivity contribution in [2.45, 2.75) is 38.3 Å². The number of aliphatic hydroxyl groups is 1. The summed E-state index contributed by atoms with van der Waals surface area (Å²) in [5.41, 5.74) is 1.13. The van der Waals surface area contributed by atoms with Crippen LogP contribution in [0.3, 0.4) is 0 Å². The Bertz CT molecular complexity index is 422. The minimum atomic E-state index is -0.199. The molecule has 1 fully saturated rings. The maximum Gasteiger partial charge on any atom is 0.223 e. The molecule has 2 rings (SSSR count). The zero-order valence-corrected chi connectivity index (χ0v) is 12.0. The first-order valence-corrected chi connectivity index (χ1v) is 7.37. The van der Waals surface area contributed by atoms with Crippen LogP contribution in [0.5, 0.6) is 0 Å². The lowest BCUT2D eigenvalue weighted by Gasteiger charge is -2.28. The van der Waals surface area contributed by atoms with Crippen molar-refractivity contribution in [2.24, 2.45) is 5.92 Å². The summed E-state index contributed by atoms with van der Waals surface area (Å²) < 4.78 is 0. The van der Waals surface area contributed by atoms with E-state index in [-0.39, 0.29) is 24.5 Å². The summed E-state index contributed by atoms with van der Waals surface area (Å²) in [7, 11) is 0. The van der Waals surface area contributed by atoms with Crippen LogP contribution in [-0.2, 0) is 11.2 Å². The molecule has 0 bridgehead atoms. The van der Waals surface area contributed by atoms with Gasteiger partial charge in [-0.3, -0.25) is 4.79 Å². The molecule has 1 aromatic carbocycles. The first-order chi connectivity index (χ1) is 9.69. The van der Waals surface area contributed by atoms with Crippen LogP contribution in [0.15, 0.2) is 30.3 Å². The lowest BCUT2D eigenvalue weighted by molar-refractivity contribution is -0.127. The average Bonchev–Trinajstić information content (AvgIpc) is 2.47. The highest BCUT2D eigenvalue weighted by Crippen LogP contribution is 2.16. The number of amides is 1. The highest BCUT2D eigenvalue weighted by Gasteiger charge is 2.26. The predicted molar refractivity (Wildman–Crippen MR) is 79.4 cm³/mol. The van der Waals surface area contributed by atoms with Crippen LogP contribution in [-0.4, -0.2) is 36.2 Å². The number of benzene rings is 1. The summed E-state index contributed by atoms with van der Waals surface area (Å²) in [6, 6.07) is 10.1. The van der Waals surface area contributed by atoms with Gasteiger partial charge in [-0.2, -0.15) is 0 Å². The van der Waals surface area contributed by atoms with Crippen LogP contribution in [0, 0.1) is 5.92 Å². The molecular formula is C16H24N2O2. The van der Waals surface area contributed by atoms with E-state index in [1.165, 1.54) is 0 Å². The van der Waals surface area contributed by atoms with E-state index >= 15 is 0 Å². The van der Waals surface area contributed by atoms with Crippen molar-refractivity contribution in [3.63, 3.8) is 0 Å². The molecule has 1 amide bonds. The van der Waals surface area contributed by atoms with Gasteiger partial charge in [0.05, 0.1) is 12.6 Å². The molecule has 0 spiro atoms. The van der Waals surface area contributed by atoms with Gasteiger partial charge in [-0.05, 0) is 38.3 Å². The number of hydrogen-bond acceptors (Lipinski definition) is 3. The quantitative estimate of drug-likeness (QED) is 0.754. The van der Waals surface area contributed by atoms with Gasteiger partial charge < -0.3 is 15.7 Å². The van der Waals surface area contributed by atoms with Crippen LogP contribution in [0.25, 0.3) is 0 Å². The molecule has 110 valence electrons. The van der Waals surface area contributed by atoms with Gasteiger partial charge >= 0.3 is 0 Å². The highest BCUT2D eigenvalue weighted by molar-refractivity contribution is 5.79. The van der Waals surface area contributed by atoms with Crippen LogP contribution in [0.4, 0.5) is 0 Å². The van der Waals surface area contributed by atoms with Gasteiger partial charge in [0.1, 0.15) is 0 Å². The maximum atomic E-state index is 12.3. The van der Waals surface area contributed by atoms with Crippen molar-refractivity contribution in [3.05, 3.63) is 35.9 Å². The molecule has 2 unspecified atom stereocenters. The first kappa shape index (κ1) is 15.0. The van der Waals surface area contributed by atoms with Gasteiger partial charge in [-0.25, -0.2) is 0 Å². The number of nitrogens with one attached hydrogen (secondary N) is 2. The van der Waals surface area contributed by atoms with Crippen molar-refractivity contribution >= 4 is 5.91 Å². The Morgan fingerprint density at radius 1 is 1.45 bits per heavy atom. The molecule has 0 aromatic heterocycles. The maximum absolute atomic E-state index is 12.3. The molecule has 0 aliphatic carbocycles. The van der Waals surface area contributed by atoms with Crippen LogP contribution >= 0.6 is 0 Å². The number of aliphatic hydroxyl groups excluding tert-OH is 1. The van der Waals surface area contributed by atoms with Gasteiger partial charge in [0, 0.05) is 12.0 Å². The van der Waals surface area contributed by atoms with E-state index in [1.54, 1.807) is 0 Å². The van der Waals surface area contributed by atoms with Gasteiger partial charge in [0.25, 0.3) is 0 Å². The minimum Gasteiger partial charge on any atom is -0.394 e. The van der Waals surface area contributed by atoms with Crippen molar-refractivity contribution in [3.8, 4) is 0 Å². The van der Waals surface area contributed by atoms with E-state index < -0.39 is 0 Å². The summed E-state index contributed by atoms with van der Waals surface area (Å²) in [5, 5.41) is 15.8. The average molecular weight is 276 g/mol. The molecule has 4 nitrogen and oxygen atoms in total. The van der Waals surface area contributed by atoms with Crippen LogP contribution < -0.4 is 10.6 Å². The highest BCUT2D eigenvalue weighted by atomic mass is 16.3. The molecule has 0 saturated carbocycles. The molecule has 20 heavy (non-hydrogen) atoms. The zero-order chi connectivity index (χ0) is 14.4. The Hall–Kier alpha value is -1.39. The molecule has 3 N–H and O–H groups in total. The molecule has 3 atom stereocenters. The zero-order valence-electron chi connectivity index (χ0n) is 12.0. The fourth-order valence-corrected chi connectivity index (χ4v) is 2.75. The third-order valence-electron chi connectivity index (χ3n) is 3.89. The lowest BCUT2D eigenvalue weighted by Crippen LogP contribution is -2.46. The summed E-state index contributed by atoms with van der Waals surface area (Å²) in [5.74, 6) is 0.143. The van der Waals surface area contributed by atoms with Crippen molar-refractivity contribution in [1.82, 2.24) is 10.6 Å². The van der Waals surface area contributed by atoms with Gasteiger partial charge in [0.15, 0.2) is 0 Å². The SMILES string of the molecule is CC1CC(C(=O)N[C@H](CO)Cc2ccccc2)CCN1. The Morgan fingerprint density at radius 3 is 2.85 bits per heavy atom. The van der Waals surface area contributed by atoms with E-state index in [4.69, 9.17) is 0 Å². The fourth-order valence-electron chi connectivity index (χ4n) is 2.75. The Morgan fingerprint density at radius 2 is 2.20 bits per heavy atom. The van der Waals surface area contributed by atoms with E-state index in [9.17, 15) is 9.90 Å². The van der Waals surface area contributed by atoms with E-state index in [0.717, 1.165) is 24.9 Å². The molecule has 1 aliphatic rings. The Labute approximate surface area is 120 Å². The number of rotatable bonds is 5. The molecule has 0 radical (unpaired) electrons. The van der Waals surface area contributed by atoms with E-state index in [2.05, 4.69) is 17.6 Å². The fraction of sp³-hybridized carbons (Fsp3) is 0.562. The molecule has 4 heteroatoms. The van der Waals surface area contributed by atoms with Gasteiger partial charge in [-0.1, -0.05) is 30.3 Å². The molecule has 1 aliphatic heterocycles. The monoisotopic (exact) mass is 276 g/mol. The predicted octanol–water partition coefficient (Wildman–Crippen LogP) is 1.09. The number of piperidine rings is 1. The van der Waals surface area contributed by atoms with Gasteiger partial charge in [0.2, 0.25) is 5.91 Å². The standard InChI is InChI=1S/C16H24N2O2/c1-12-9-14(7-8-17-12)16(20)18-15(11-19)10-13-5-3-2-4-6-13/h2-6,12,14-15,17,19H,7-11H2,1H3,(H,18,20)/t12?,14?,15-/m0/s1. The third kappa shape index (κ3) is 4.32. The van der Waals surface area contributed by atoms with Crippen LogP contribution in [0.1, 0.15) is 25.3 Å². The van der Waals surface area contributed by atoms with Crippen molar-refractivity contribution < 1.29 is 9.90 Å². The topological polar surface area (TPSA) is 61.4 Å². The smallest absolute Gasteiger partial charge is 0.223 e. The number of carbonyl (C=O) groups is 1. The van der Waals surface area contributed by atoms with E-state index in [0.29, 0.717) is 12.5 Å². The summed E-state index contributed by atoms with van der Waals surface area (Å²) >= 11 is 0. The number of hydrogen-bond donors (Lipinski definition) is 3. The summed E-state index contributed by atoms with van der Waals surface area (Å²) in [6.45, 7) is 2.97. The summed E-state index contributed by atoms with van der Waals surface area (Å²) in [4.78, 5) is 12.3. The molecule has 1 saturated heterocycles. The second-order valence-electron chi connectivity index (χ2n) is 5.65. The third-order valence-corrected chi connectivity index (χ3v) is 3.89. The molecule has 1 aromatic rings. The van der Waals surface area contributed by atoms with Crippen molar-refractivity contribution in [2.75, 3.05) is 13.2 Å². The first-order valence-electron chi connectivity index (χ1n) is 7.37. The molecular weight excluding hydrogens is 252 g/mol. The van der Waals surface area contributed by atoms with Crippen molar-refractivity contribution in [1.29, 1.82) is 0 Å². The second kappa shape index (κ2) is 7.41. The lowest BCUT2D eigenvalue weighted by atomic mass is 9.92. The van der Waals surface area contributed by atoms with Crippen LogP contribution in [0.2, 0.25) is 0 Å². The Balaban J connectivity index is 1.87. The van der Waals surface area contributed by atoms with E-state index in [1.807, 2.05) is 30.3 Å². The normalized spacial score (nSPS) is 24.1. The summed E-state index contributed by atoms with van der Waals surface area (Å²) in [6.07, 6.45) is 2.42.